The first-order valence-corrected chi connectivity index (χ1v) is 10.1. The third kappa shape index (κ3) is 4.75. The van der Waals surface area contributed by atoms with Crippen LogP contribution in [0.3, 0.4) is 0 Å². The van der Waals surface area contributed by atoms with Gasteiger partial charge in [0.05, 0.1) is 29.2 Å². The van der Waals surface area contributed by atoms with Crippen molar-refractivity contribution in [3.63, 3.8) is 0 Å². The molecule has 0 unspecified atom stereocenters. The number of hydrogen-bond acceptors (Lipinski definition) is 4. The van der Waals surface area contributed by atoms with Gasteiger partial charge in [0.2, 0.25) is 5.91 Å². The van der Waals surface area contributed by atoms with Crippen molar-refractivity contribution in [2.24, 2.45) is 0 Å². The molecular formula is C22H19FN4OS. The molecule has 4 rings (SSSR count). The number of thiophene rings is 1. The smallest absolute Gasteiger partial charge is 0.224 e. The Morgan fingerprint density at radius 3 is 2.72 bits per heavy atom. The average molecular weight is 406 g/mol. The van der Waals surface area contributed by atoms with Gasteiger partial charge in [0.15, 0.2) is 0 Å². The summed E-state index contributed by atoms with van der Waals surface area (Å²) in [6, 6.07) is 15.9. The summed E-state index contributed by atoms with van der Waals surface area (Å²) in [4.78, 5) is 17.5. The first-order chi connectivity index (χ1) is 14.2. The number of nitrogens with one attached hydrogen (secondary N) is 1. The third-order valence-corrected chi connectivity index (χ3v) is 5.33. The molecule has 0 aliphatic carbocycles. The number of amides is 1. The Hall–Kier alpha value is -3.32. The predicted octanol–water partition coefficient (Wildman–Crippen LogP) is 4.17. The van der Waals surface area contributed by atoms with Crippen molar-refractivity contribution in [2.45, 2.75) is 13.0 Å². The Morgan fingerprint density at radius 2 is 2.00 bits per heavy atom. The molecule has 3 heterocycles. The van der Waals surface area contributed by atoms with Gasteiger partial charge in [0, 0.05) is 24.5 Å². The maximum absolute atomic E-state index is 13.0. The lowest BCUT2D eigenvalue weighted by atomic mass is 10.1. The molecule has 0 aliphatic heterocycles. The number of benzene rings is 1. The molecule has 1 amide bonds. The molecule has 4 aromatic rings. The zero-order chi connectivity index (χ0) is 20.1. The van der Waals surface area contributed by atoms with Crippen molar-refractivity contribution in [2.75, 3.05) is 6.54 Å². The molecule has 1 aromatic carbocycles. The van der Waals surface area contributed by atoms with Gasteiger partial charge in [0.25, 0.3) is 0 Å². The van der Waals surface area contributed by atoms with E-state index in [-0.39, 0.29) is 18.1 Å². The second-order valence-corrected chi connectivity index (χ2v) is 7.46. The van der Waals surface area contributed by atoms with E-state index in [0.29, 0.717) is 13.1 Å². The molecule has 0 bridgehead atoms. The third-order valence-electron chi connectivity index (χ3n) is 4.43. The summed E-state index contributed by atoms with van der Waals surface area (Å²) >= 11 is 1.65. The molecular weight excluding hydrogens is 387 g/mol. The highest BCUT2D eigenvalue weighted by molar-refractivity contribution is 7.13. The number of pyridine rings is 1. The Morgan fingerprint density at radius 1 is 1.14 bits per heavy atom. The van der Waals surface area contributed by atoms with Crippen molar-refractivity contribution in [3.8, 4) is 21.8 Å². The molecule has 0 aliphatic rings. The molecule has 3 aromatic heterocycles. The fraction of sp³-hybridized carbons (Fsp3) is 0.136. The van der Waals surface area contributed by atoms with Gasteiger partial charge < -0.3 is 5.32 Å². The van der Waals surface area contributed by atoms with Crippen molar-refractivity contribution >= 4 is 17.2 Å². The summed E-state index contributed by atoms with van der Waals surface area (Å²) in [5.74, 6) is -0.410. The van der Waals surface area contributed by atoms with Crippen LogP contribution in [0.15, 0.2) is 72.4 Å². The number of hydrogen-bond donors (Lipinski definition) is 1. The number of halogens is 1. The van der Waals surface area contributed by atoms with Crippen molar-refractivity contribution in [1.82, 2.24) is 20.1 Å². The Balaban J connectivity index is 1.44. The second-order valence-electron chi connectivity index (χ2n) is 6.51. The van der Waals surface area contributed by atoms with E-state index in [2.05, 4.69) is 16.4 Å². The van der Waals surface area contributed by atoms with Gasteiger partial charge in [-0.25, -0.2) is 4.39 Å². The first kappa shape index (κ1) is 19.0. The van der Waals surface area contributed by atoms with E-state index in [9.17, 15) is 9.18 Å². The standard InChI is InChI=1S/C22H19FN4OS/c23-18-7-5-16(6-8-18)13-22(28)25-10-11-27-20(21-4-2-12-29-21)14-19(26-27)17-3-1-9-24-15-17/h1-9,12,14-15H,10-11,13H2,(H,25,28). The molecule has 0 atom stereocenters. The fourth-order valence-corrected chi connectivity index (χ4v) is 3.76. The molecule has 1 N–H and O–H groups in total. The van der Waals surface area contributed by atoms with Gasteiger partial charge in [-0.2, -0.15) is 5.10 Å². The van der Waals surface area contributed by atoms with Gasteiger partial charge in [-0.1, -0.05) is 18.2 Å². The highest BCUT2D eigenvalue weighted by Crippen LogP contribution is 2.28. The average Bonchev–Trinajstić information content (AvgIpc) is 3.40. The van der Waals surface area contributed by atoms with Crippen molar-refractivity contribution < 1.29 is 9.18 Å². The molecule has 0 radical (unpaired) electrons. The molecule has 0 saturated heterocycles. The lowest BCUT2D eigenvalue weighted by Gasteiger charge is -2.08. The zero-order valence-electron chi connectivity index (χ0n) is 15.6. The summed E-state index contributed by atoms with van der Waals surface area (Å²) in [6.45, 7) is 0.995. The highest BCUT2D eigenvalue weighted by Gasteiger charge is 2.13. The minimum atomic E-state index is -0.307. The van der Waals surface area contributed by atoms with E-state index < -0.39 is 0 Å². The van der Waals surface area contributed by atoms with Crippen LogP contribution in [0.4, 0.5) is 4.39 Å². The maximum Gasteiger partial charge on any atom is 0.224 e. The molecule has 0 spiro atoms. The van der Waals surface area contributed by atoms with Crippen molar-refractivity contribution in [1.29, 1.82) is 0 Å². The molecule has 5 nitrogen and oxygen atoms in total. The van der Waals surface area contributed by atoms with E-state index in [1.54, 1.807) is 35.9 Å². The molecule has 29 heavy (non-hydrogen) atoms. The predicted molar refractivity (Wildman–Crippen MR) is 112 cm³/mol. The van der Waals surface area contributed by atoms with Gasteiger partial charge >= 0.3 is 0 Å². The van der Waals surface area contributed by atoms with Gasteiger partial charge in [-0.05, 0) is 47.3 Å². The summed E-state index contributed by atoms with van der Waals surface area (Å²) in [6.07, 6.45) is 3.74. The fourth-order valence-electron chi connectivity index (χ4n) is 3.02. The van der Waals surface area contributed by atoms with E-state index in [1.165, 1.54) is 12.1 Å². The van der Waals surface area contributed by atoms with Crippen molar-refractivity contribution in [3.05, 3.63) is 83.8 Å². The van der Waals surface area contributed by atoms with Crippen LogP contribution in [0.25, 0.3) is 21.8 Å². The maximum atomic E-state index is 13.0. The number of rotatable bonds is 7. The van der Waals surface area contributed by atoms with Crippen LogP contribution in [-0.4, -0.2) is 27.2 Å². The number of carbonyl (C=O) groups is 1. The van der Waals surface area contributed by atoms with Gasteiger partial charge in [-0.3, -0.25) is 14.5 Å². The number of aromatic nitrogens is 3. The van der Waals surface area contributed by atoms with Crippen LogP contribution in [0, 0.1) is 5.82 Å². The summed E-state index contributed by atoms with van der Waals surface area (Å²) in [5.41, 5.74) is 3.58. The normalized spacial score (nSPS) is 10.8. The summed E-state index contributed by atoms with van der Waals surface area (Å²) in [5, 5.41) is 9.66. The number of nitrogens with zero attached hydrogens (tertiary/aromatic N) is 3. The molecule has 0 fully saturated rings. The summed E-state index contributed by atoms with van der Waals surface area (Å²) < 4.78 is 14.9. The van der Waals surface area contributed by atoms with Crippen LogP contribution < -0.4 is 5.32 Å². The van der Waals surface area contributed by atoms with E-state index in [4.69, 9.17) is 5.10 Å². The molecule has 0 saturated carbocycles. The highest BCUT2D eigenvalue weighted by atomic mass is 32.1. The Kier molecular flexibility index (Phi) is 5.76. The molecule has 146 valence electrons. The molecule has 7 heteroatoms. The van der Waals surface area contributed by atoms with Crippen LogP contribution in [0.2, 0.25) is 0 Å². The van der Waals surface area contributed by atoms with E-state index in [1.807, 2.05) is 34.3 Å². The Labute approximate surface area is 171 Å². The van der Waals surface area contributed by atoms with Crippen LogP contribution >= 0.6 is 11.3 Å². The monoisotopic (exact) mass is 406 g/mol. The second kappa shape index (κ2) is 8.79. The zero-order valence-corrected chi connectivity index (χ0v) is 16.4. The Bertz CT molecular complexity index is 1080. The minimum absolute atomic E-state index is 0.103. The quantitative estimate of drug-likeness (QED) is 0.501. The van der Waals surface area contributed by atoms with Crippen LogP contribution in [0.1, 0.15) is 5.56 Å². The van der Waals surface area contributed by atoms with E-state index >= 15 is 0 Å². The largest absolute Gasteiger partial charge is 0.354 e. The van der Waals surface area contributed by atoms with Gasteiger partial charge in [-0.15, -0.1) is 11.3 Å². The van der Waals surface area contributed by atoms with Crippen LogP contribution in [-0.2, 0) is 17.8 Å². The lowest BCUT2D eigenvalue weighted by Crippen LogP contribution is -2.29. The van der Waals surface area contributed by atoms with E-state index in [0.717, 1.165) is 27.4 Å². The topological polar surface area (TPSA) is 59.8 Å². The summed E-state index contributed by atoms with van der Waals surface area (Å²) in [7, 11) is 0. The SMILES string of the molecule is O=C(Cc1ccc(F)cc1)NCCn1nc(-c2cccnc2)cc1-c1cccs1. The van der Waals surface area contributed by atoms with Gasteiger partial charge in [0.1, 0.15) is 5.82 Å². The van der Waals surface area contributed by atoms with Crippen LogP contribution in [0.5, 0.6) is 0 Å². The first-order valence-electron chi connectivity index (χ1n) is 9.22. The number of carbonyl (C=O) groups excluding carboxylic acids is 1. The minimum Gasteiger partial charge on any atom is -0.354 e. The lowest BCUT2D eigenvalue weighted by molar-refractivity contribution is -0.120.